The summed E-state index contributed by atoms with van der Waals surface area (Å²) >= 11 is 0. The maximum Gasteiger partial charge on any atom is 0.224 e. The van der Waals surface area contributed by atoms with Gasteiger partial charge in [-0.2, -0.15) is 0 Å². The molecule has 0 saturated carbocycles. The minimum Gasteiger partial charge on any atom is -0.326 e. The van der Waals surface area contributed by atoms with Gasteiger partial charge in [0.1, 0.15) is 0 Å². The molecule has 0 bridgehead atoms. The molecule has 0 fully saturated rings. The van der Waals surface area contributed by atoms with Crippen molar-refractivity contribution in [3.8, 4) is 0 Å². The summed E-state index contributed by atoms with van der Waals surface area (Å²) in [4.78, 5) is 23.5. The molecule has 2 aromatic rings. The Morgan fingerprint density at radius 2 is 1.04 bits per heavy atom. The first-order valence-corrected chi connectivity index (χ1v) is 8.09. The predicted octanol–water partition coefficient (Wildman–Crippen LogP) is 4.38. The lowest BCUT2D eigenvalue weighted by molar-refractivity contribution is -0.117. The second-order valence-corrected chi connectivity index (χ2v) is 5.38. The molecular formula is C20H22N2O2. The highest BCUT2D eigenvalue weighted by Crippen LogP contribution is 2.08. The fourth-order valence-corrected chi connectivity index (χ4v) is 2.15. The molecule has 0 heterocycles. The average Bonchev–Trinajstić information content (AvgIpc) is 2.60. The van der Waals surface area contributed by atoms with Crippen LogP contribution in [0.15, 0.2) is 72.8 Å². The molecule has 24 heavy (non-hydrogen) atoms. The topological polar surface area (TPSA) is 58.2 Å². The molecule has 0 radical (unpaired) electrons. The Hall–Kier alpha value is -2.88. The minimum absolute atomic E-state index is 0.00679. The predicted molar refractivity (Wildman–Crippen MR) is 97.8 cm³/mol. The number of para-hydroxylation sites is 2. The van der Waals surface area contributed by atoms with E-state index in [-0.39, 0.29) is 11.8 Å². The molecule has 4 nitrogen and oxygen atoms in total. The van der Waals surface area contributed by atoms with E-state index in [1.165, 1.54) is 0 Å². The lowest BCUT2D eigenvalue weighted by atomic mass is 10.2. The molecule has 4 heteroatoms. The molecule has 2 N–H and O–H groups in total. The lowest BCUT2D eigenvalue weighted by Gasteiger charge is -2.03. The number of carbonyl (C=O) groups is 2. The van der Waals surface area contributed by atoms with E-state index in [1.807, 2.05) is 72.8 Å². The van der Waals surface area contributed by atoms with Gasteiger partial charge in [-0.3, -0.25) is 9.59 Å². The van der Waals surface area contributed by atoms with Crippen molar-refractivity contribution >= 4 is 23.2 Å². The molecule has 0 spiro atoms. The van der Waals surface area contributed by atoms with Gasteiger partial charge in [0.25, 0.3) is 0 Å². The fraction of sp³-hybridized carbons (Fsp3) is 0.200. The Kier molecular flexibility index (Phi) is 7.28. The third-order valence-electron chi connectivity index (χ3n) is 3.36. The Labute approximate surface area is 142 Å². The van der Waals surface area contributed by atoms with Crippen LogP contribution in [0.1, 0.15) is 25.7 Å². The number of hydrogen-bond donors (Lipinski definition) is 2. The Bertz CT molecular complexity index is 607. The second kappa shape index (κ2) is 10.0. The van der Waals surface area contributed by atoms with Gasteiger partial charge >= 0.3 is 0 Å². The van der Waals surface area contributed by atoms with Crippen molar-refractivity contribution in [2.45, 2.75) is 25.7 Å². The van der Waals surface area contributed by atoms with E-state index >= 15 is 0 Å². The highest BCUT2D eigenvalue weighted by Gasteiger charge is 2.01. The van der Waals surface area contributed by atoms with E-state index in [4.69, 9.17) is 0 Å². The quantitative estimate of drug-likeness (QED) is 0.709. The smallest absolute Gasteiger partial charge is 0.224 e. The van der Waals surface area contributed by atoms with Gasteiger partial charge in [-0.15, -0.1) is 0 Å². The summed E-state index contributed by atoms with van der Waals surface area (Å²) in [5.74, 6) is -0.0136. The van der Waals surface area contributed by atoms with E-state index in [2.05, 4.69) is 10.6 Å². The first kappa shape index (κ1) is 17.5. The first-order valence-electron chi connectivity index (χ1n) is 8.09. The summed E-state index contributed by atoms with van der Waals surface area (Å²) in [6.45, 7) is 0. The van der Waals surface area contributed by atoms with E-state index in [1.54, 1.807) is 0 Å². The van der Waals surface area contributed by atoms with Crippen LogP contribution in [0.5, 0.6) is 0 Å². The van der Waals surface area contributed by atoms with E-state index < -0.39 is 0 Å². The number of nitrogens with one attached hydrogen (secondary N) is 2. The summed E-state index contributed by atoms with van der Waals surface area (Å²) in [5.41, 5.74) is 1.62. The van der Waals surface area contributed by atoms with Gasteiger partial charge < -0.3 is 10.6 Å². The van der Waals surface area contributed by atoms with Crippen molar-refractivity contribution in [3.05, 3.63) is 72.8 Å². The molecule has 0 unspecified atom stereocenters. The van der Waals surface area contributed by atoms with Crippen molar-refractivity contribution in [1.82, 2.24) is 0 Å². The Balaban J connectivity index is 1.57. The second-order valence-electron chi connectivity index (χ2n) is 5.38. The lowest BCUT2D eigenvalue weighted by Crippen LogP contribution is -2.10. The van der Waals surface area contributed by atoms with E-state index in [0.29, 0.717) is 25.7 Å². The van der Waals surface area contributed by atoms with Gasteiger partial charge in [0.15, 0.2) is 0 Å². The molecule has 0 aliphatic heterocycles. The fourth-order valence-electron chi connectivity index (χ4n) is 2.15. The maximum atomic E-state index is 11.7. The van der Waals surface area contributed by atoms with Gasteiger partial charge in [-0.05, 0) is 37.1 Å². The number of amides is 2. The molecule has 0 saturated heterocycles. The number of hydrogen-bond acceptors (Lipinski definition) is 2. The third-order valence-corrected chi connectivity index (χ3v) is 3.36. The highest BCUT2D eigenvalue weighted by molar-refractivity contribution is 5.91. The van der Waals surface area contributed by atoms with Crippen LogP contribution in [-0.2, 0) is 9.59 Å². The van der Waals surface area contributed by atoms with Gasteiger partial charge in [-0.1, -0.05) is 48.6 Å². The molecule has 0 atom stereocenters. The van der Waals surface area contributed by atoms with E-state index in [9.17, 15) is 9.59 Å². The van der Waals surface area contributed by atoms with Crippen molar-refractivity contribution in [3.63, 3.8) is 0 Å². The number of anilines is 2. The zero-order valence-corrected chi connectivity index (χ0v) is 13.6. The molecule has 2 rings (SSSR count). The van der Waals surface area contributed by atoms with E-state index in [0.717, 1.165) is 11.4 Å². The molecule has 2 amide bonds. The average molecular weight is 322 g/mol. The molecule has 0 aliphatic carbocycles. The van der Waals surface area contributed by atoms with Gasteiger partial charge in [0, 0.05) is 24.2 Å². The summed E-state index contributed by atoms with van der Waals surface area (Å²) in [7, 11) is 0. The van der Waals surface area contributed by atoms with Gasteiger partial charge in [0.2, 0.25) is 11.8 Å². The number of benzene rings is 2. The normalized spacial score (nSPS) is 10.5. The maximum absolute atomic E-state index is 11.7. The summed E-state index contributed by atoms with van der Waals surface area (Å²) in [5, 5.41) is 5.68. The largest absolute Gasteiger partial charge is 0.326 e. The SMILES string of the molecule is O=C(CC/C=C/CCC(=O)Nc1ccccc1)Nc1ccccc1. The summed E-state index contributed by atoms with van der Waals surface area (Å²) < 4.78 is 0. The van der Waals surface area contributed by atoms with Crippen LogP contribution < -0.4 is 10.6 Å². The number of carbonyl (C=O) groups excluding carboxylic acids is 2. The molecule has 2 aromatic carbocycles. The van der Waals surface area contributed by atoms with Crippen molar-refractivity contribution in [1.29, 1.82) is 0 Å². The van der Waals surface area contributed by atoms with Crippen LogP contribution in [0, 0.1) is 0 Å². The van der Waals surface area contributed by atoms with Crippen LogP contribution in [0.3, 0.4) is 0 Å². The van der Waals surface area contributed by atoms with Crippen molar-refractivity contribution in [2.24, 2.45) is 0 Å². The van der Waals surface area contributed by atoms with Crippen molar-refractivity contribution < 1.29 is 9.59 Å². The monoisotopic (exact) mass is 322 g/mol. The van der Waals surface area contributed by atoms with Crippen LogP contribution in [0.2, 0.25) is 0 Å². The highest BCUT2D eigenvalue weighted by atomic mass is 16.2. The van der Waals surface area contributed by atoms with Gasteiger partial charge in [0.05, 0.1) is 0 Å². The van der Waals surface area contributed by atoms with Gasteiger partial charge in [-0.25, -0.2) is 0 Å². The van der Waals surface area contributed by atoms with Crippen LogP contribution in [0.4, 0.5) is 11.4 Å². The summed E-state index contributed by atoms with van der Waals surface area (Å²) in [6, 6.07) is 18.8. The van der Waals surface area contributed by atoms with Crippen molar-refractivity contribution in [2.75, 3.05) is 10.6 Å². The minimum atomic E-state index is -0.00679. The zero-order valence-electron chi connectivity index (χ0n) is 13.6. The van der Waals surface area contributed by atoms with Crippen LogP contribution in [-0.4, -0.2) is 11.8 Å². The first-order chi connectivity index (χ1) is 11.7. The summed E-state index contributed by atoms with van der Waals surface area (Å²) in [6.07, 6.45) is 6.09. The zero-order chi connectivity index (χ0) is 17.0. The van der Waals surface area contributed by atoms with Crippen LogP contribution >= 0.6 is 0 Å². The number of allylic oxidation sites excluding steroid dienone is 2. The molecule has 124 valence electrons. The van der Waals surface area contributed by atoms with Crippen LogP contribution in [0.25, 0.3) is 0 Å². The Morgan fingerprint density at radius 1 is 0.667 bits per heavy atom. The molecule has 0 aromatic heterocycles. The Morgan fingerprint density at radius 3 is 1.42 bits per heavy atom. The third kappa shape index (κ3) is 6.92. The molecule has 0 aliphatic rings. The number of rotatable bonds is 8. The molecular weight excluding hydrogens is 300 g/mol. The standard InChI is InChI=1S/C20H22N2O2/c23-19(21-17-11-5-3-6-12-17)15-9-1-2-10-16-20(24)22-18-13-7-4-8-14-18/h1-8,11-14H,9-10,15-16H2,(H,21,23)(H,22,24)/b2-1+.